The maximum Gasteiger partial charge on any atom is 0.411 e. The molecule has 1 atom stereocenters. The molecule has 0 saturated carbocycles. The third-order valence-electron chi connectivity index (χ3n) is 2.06. The Kier molecular flexibility index (Phi) is 6.20. The minimum absolute atomic E-state index is 0.111. The number of likely N-dealkylation sites (N-methyl/N-ethyl adjacent to an activating group) is 1. The summed E-state index contributed by atoms with van der Waals surface area (Å²) in [6.45, 7) is 1.05. The van der Waals surface area contributed by atoms with E-state index in [2.05, 4.69) is 10.1 Å². The van der Waals surface area contributed by atoms with Crippen LogP contribution in [0.5, 0.6) is 0 Å². The van der Waals surface area contributed by atoms with Crippen molar-refractivity contribution in [3.05, 3.63) is 20.3 Å². The van der Waals surface area contributed by atoms with E-state index in [-0.39, 0.29) is 6.61 Å². The molecule has 0 radical (unpaired) electrons. The van der Waals surface area contributed by atoms with Crippen molar-refractivity contribution in [2.24, 2.45) is 0 Å². The molecule has 0 spiro atoms. The second-order valence-corrected chi connectivity index (χ2v) is 5.81. The predicted octanol–water partition coefficient (Wildman–Crippen LogP) is 4.28. The van der Waals surface area contributed by atoms with Crippen molar-refractivity contribution >= 4 is 34.5 Å². The molecule has 0 aliphatic carbocycles. The second-order valence-electron chi connectivity index (χ2n) is 3.52. The van der Waals surface area contributed by atoms with E-state index in [0.29, 0.717) is 20.8 Å². The van der Waals surface area contributed by atoms with Crippen molar-refractivity contribution in [1.29, 1.82) is 0 Å². The maximum absolute atomic E-state index is 12.0. The highest BCUT2D eigenvalue weighted by Gasteiger charge is 2.28. The number of ether oxygens (including phenoxy) is 1. The van der Waals surface area contributed by atoms with E-state index in [1.54, 1.807) is 6.07 Å². The summed E-state index contributed by atoms with van der Waals surface area (Å²) in [6.07, 6.45) is -4.33. The Hall–Kier alpha value is -0.0100. The fourth-order valence-electron chi connectivity index (χ4n) is 1.39. The Bertz CT molecular complexity index is 384. The van der Waals surface area contributed by atoms with E-state index in [1.807, 2.05) is 6.92 Å². The van der Waals surface area contributed by atoms with Crippen LogP contribution >= 0.6 is 34.5 Å². The molecule has 1 unspecified atom stereocenters. The summed E-state index contributed by atoms with van der Waals surface area (Å²) in [6, 6.07) is 1.24. The Balaban J connectivity index is 2.63. The molecule has 18 heavy (non-hydrogen) atoms. The van der Waals surface area contributed by atoms with E-state index < -0.39 is 18.8 Å². The third-order valence-corrected chi connectivity index (χ3v) is 3.58. The molecule has 1 N–H and O–H groups in total. The summed E-state index contributed by atoms with van der Waals surface area (Å²) >= 11 is 12.9. The molecular weight excluding hydrogens is 310 g/mol. The lowest BCUT2D eigenvalue weighted by atomic mass is 10.1. The standard InChI is InChI=1S/C10H12Cl2F3NOS/c1-2-16-7(4-17-5-10(13,14)15)6-3-8(11)18-9(6)12/h3,7,16H,2,4-5H2,1H3. The number of thiophene rings is 1. The third kappa shape index (κ3) is 5.32. The molecule has 2 nitrogen and oxygen atoms in total. The van der Waals surface area contributed by atoms with Crippen molar-refractivity contribution in [2.75, 3.05) is 19.8 Å². The highest BCUT2D eigenvalue weighted by molar-refractivity contribution is 7.20. The Labute approximate surface area is 117 Å². The molecule has 104 valence electrons. The molecule has 0 aromatic carbocycles. The van der Waals surface area contributed by atoms with Crippen LogP contribution < -0.4 is 5.32 Å². The van der Waals surface area contributed by atoms with Gasteiger partial charge >= 0.3 is 6.18 Å². The van der Waals surface area contributed by atoms with Gasteiger partial charge in [-0.05, 0) is 12.6 Å². The largest absolute Gasteiger partial charge is 0.411 e. The number of nitrogens with one attached hydrogen (secondary N) is 1. The minimum atomic E-state index is -4.33. The van der Waals surface area contributed by atoms with Gasteiger partial charge in [-0.15, -0.1) is 11.3 Å². The topological polar surface area (TPSA) is 21.3 Å². The lowest BCUT2D eigenvalue weighted by molar-refractivity contribution is -0.175. The molecule has 0 aliphatic heterocycles. The van der Waals surface area contributed by atoms with Crippen LogP contribution in [-0.2, 0) is 4.74 Å². The fourth-order valence-corrected chi connectivity index (χ4v) is 2.97. The summed E-state index contributed by atoms with van der Waals surface area (Å²) in [5, 5.41) is 3.01. The first kappa shape index (κ1) is 16.0. The van der Waals surface area contributed by atoms with Gasteiger partial charge in [0.05, 0.1) is 21.3 Å². The highest BCUT2D eigenvalue weighted by atomic mass is 35.5. The van der Waals surface area contributed by atoms with E-state index >= 15 is 0 Å². The molecule has 0 aliphatic rings. The summed E-state index contributed by atoms with van der Waals surface area (Å²) < 4.78 is 41.6. The molecule has 1 heterocycles. The summed E-state index contributed by atoms with van der Waals surface area (Å²) in [4.78, 5) is 0. The van der Waals surface area contributed by atoms with Crippen LogP contribution in [0.2, 0.25) is 8.67 Å². The van der Waals surface area contributed by atoms with E-state index in [0.717, 1.165) is 0 Å². The van der Waals surface area contributed by atoms with Gasteiger partial charge in [-0.25, -0.2) is 0 Å². The lowest BCUT2D eigenvalue weighted by Crippen LogP contribution is -2.27. The van der Waals surface area contributed by atoms with Crippen molar-refractivity contribution in [1.82, 2.24) is 5.32 Å². The molecule has 0 bridgehead atoms. The zero-order valence-corrected chi connectivity index (χ0v) is 11.8. The lowest BCUT2D eigenvalue weighted by Gasteiger charge is -2.18. The number of alkyl halides is 3. The van der Waals surface area contributed by atoms with Crippen LogP contribution in [0.15, 0.2) is 6.07 Å². The van der Waals surface area contributed by atoms with Crippen molar-refractivity contribution in [2.45, 2.75) is 19.1 Å². The van der Waals surface area contributed by atoms with Crippen LogP contribution in [0.3, 0.4) is 0 Å². The number of hydrogen-bond acceptors (Lipinski definition) is 3. The normalized spacial score (nSPS) is 13.9. The summed E-state index contributed by atoms with van der Waals surface area (Å²) in [5.74, 6) is 0. The smallest absolute Gasteiger partial charge is 0.370 e. The van der Waals surface area contributed by atoms with E-state index in [9.17, 15) is 13.2 Å². The van der Waals surface area contributed by atoms with Crippen LogP contribution in [0.4, 0.5) is 13.2 Å². The van der Waals surface area contributed by atoms with Crippen LogP contribution in [0, 0.1) is 0 Å². The average Bonchev–Trinajstić information content (AvgIpc) is 2.55. The van der Waals surface area contributed by atoms with Gasteiger partial charge in [0.1, 0.15) is 6.61 Å². The van der Waals surface area contributed by atoms with Gasteiger partial charge in [0, 0.05) is 5.56 Å². The first-order chi connectivity index (χ1) is 8.33. The van der Waals surface area contributed by atoms with Gasteiger partial charge in [0.25, 0.3) is 0 Å². The minimum Gasteiger partial charge on any atom is -0.370 e. The van der Waals surface area contributed by atoms with Gasteiger partial charge in [-0.3, -0.25) is 0 Å². The SMILES string of the molecule is CCNC(COCC(F)(F)F)c1cc(Cl)sc1Cl. The quantitative estimate of drug-likeness (QED) is 0.844. The molecule has 1 aromatic rings. The van der Waals surface area contributed by atoms with Crippen LogP contribution in [0.1, 0.15) is 18.5 Å². The molecular formula is C10H12Cl2F3NOS. The monoisotopic (exact) mass is 321 g/mol. The van der Waals surface area contributed by atoms with Gasteiger partial charge < -0.3 is 10.1 Å². The van der Waals surface area contributed by atoms with Crippen LogP contribution in [-0.4, -0.2) is 25.9 Å². The van der Waals surface area contributed by atoms with Crippen molar-refractivity contribution < 1.29 is 17.9 Å². The summed E-state index contributed by atoms with van der Waals surface area (Å²) in [5.41, 5.74) is 0.663. The number of halogens is 5. The molecule has 0 saturated heterocycles. The Morgan fingerprint density at radius 1 is 1.44 bits per heavy atom. The molecule has 0 amide bonds. The fraction of sp³-hybridized carbons (Fsp3) is 0.600. The molecule has 1 aromatic heterocycles. The predicted molar refractivity (Wildman–Crippen MR) is 67.6 cm³/mol. The first-order valence-electron chi connectivity index (χ1n) is 5.16. The highest BCUT2D eigenvalue weighted by Crippen LogP contribution is 2.35. The van der Waals surface area contributed by atoms with Gasteiger partial charge in [-0.1, -0.05) is 30.1 Å². The Morgan fingerprint density at radius 3 is 2.56 bits per heavy atom. The van der Waals surface area contributed by atoms with Crippen molar-refractivity contribution in [3.8, 4) is 0 Å². The van der Waals surface area contributed by atoms with Gasteiger partial charge in [-0.2, -0.15) is 13.2 Å². The van der Waals surface area contributed by atoms with Crippen LogP contribution in [0.25, 0.3) is 0 Å². The van der Waals surface area contributed by atoms with Gasteiger partial charge in [0.15, 0.2) is 0 Å². The molecule has 1 rings (SSSR count). The van der Waals surface area contributed by atoms with E-state index in [1.165, 1.54) is 11.3 Å². The molecule has 8 heteroatoms. The second kappa shape index (κ2) is 6.96. The van der Waals surface area contributed by atoms with Crippen molar-refractivity contribution in [3.63, 3.8) is 0 Å². The Morgan fingerprint density at radius 2 is 2.11 bits per heavy atom. The molecule has 0 fully saturated rings. The zero-order chi connectivity index (χ0) is 13.8. The first-order valence-corrected chi connectivity index (χ1v) is 6.73. The zero-order valence-electron chi connectivity index (χ0n) is 9.48. The van der Waals surface area contributed by atoms with E-state index in [4.69, 9.17) is 23.2 Å². The number of hydrogen-bond donors (Lipinski definition) is 1. The maximum atomic E-state index is 12.0. The average molecular weight is 322 g/mol. The van der Waals surface area contributed by atoms with Gasteiger partial charge in [0.2, 0.25) is 0 Å². The number of rotatable bonds is 6. The summed E-state index contributed by atoms with van der Waals surface area (Å²) in [7, 11) is 0.